The fourth-order valence-electron chi connectivity index (χ4n) is 4.17. The molecule has 0 fully saturated rings. The Morgan fingerprint density at radius 3 is 1.97 bits per heavy atom. The van der Waals surface area contributed by atoms with Gasteiger partial charge >= 0.3 is 12.1 Å². The van der Waals surface area contributed by atoms with Crippen molar-refractivity contribution in [3.8, 4) is 16.9 Å². The maximum atomic E-state index is 14.1. The first-order chi connectivity index (χ1) is 18.4. The summed E-state index contributed by atoms with van der Waals surface area (Å²) >= 11 is 0. The van der Waals surface area contributed by atoms with E-state index >= 15 is 0 Å². The molecule has 1 unspecified atom stereocenters. The highest BCUT2D eigenvalue weighted by molar-refractivity contribution is 5.83. The van der Waals surface area contributed by atoms with E-state index in [0.717, 1.165) is 22.3 Å². The Kier molecular flexibility index (Phi) is 6.70. The average Bonchev–Trinajstić information content (AvgIpc) is 3.25. The first-order valence-corrected chi connectivity index (χ1v) is 11.1. The van der Waals surface area contributed by atoms with Crippen LogP contribution in [-0.2, 0) is 9.53 Å². The number of rotatable bonds is 7. The van der Waals surface area contributed by atoms with Gasteiger partial charge in [-0.05, 0) is 34.6 Å². The van der Waals surface area contributed by atoms with Gasteiger partial charge in [-0.25, -0.2) is 22.8 Å². The smallest absolute Gasteiger partial charge is 0.407 e. The van der Waals surface area contributed by atoms with E-state index in [1.807, 2.05) is 48.5 Å². The molecule has 0 bridgehead atoms. The Hall–Kier alpha value is -3.95. The highest BCUT2D eigenvalue weighted by Gasteiger charge is 2.33. The molecule has 0 saturated heterocycles. The van der Waals surface area contributed by atoms with E-state index in [1.165, 1.54) is 6.92 Å². The summed E-state index contributed by atoms with van der Waals surface area (Å²) in [5.41, 5.74) is 3.74. The fraction of sp³-hybridized carbons (Fsp3) is 0.259. The maximum absolute atomic E-state index is 14.1. The second-order valence-electron chi connectivity index (χ2n) is 8.50. The lowest BCUT2D eigenvalue weighted by Gasteiger charge is -2.20. The van der Waals surface area contributed by atoms with Crippen LogP contribution in [-0.4, -0.2) is 24.7 Å². The van der Waals surface area contributed by atoms with Crippen LogP contribution in [0.5, 0.6) is 5.75 Å². The molecular formula is C27H22F5NO4. The van der Waals surface area contributed by atoms with E-state index in [0.29, 0.717) is 0 Å². The molecule has 0 aliphatic heterocycles. The van der Waals surface area contributed by atoms with Gasteiger partial charge in [0, 0.05) is 8.66 Å². The lowest BCUT2D eigenvalue weighted by molar-refractivity contribution is -0.137. The summed E-state index contributed by atoms with van der Waals surface area (Å²) in [6.07, 6.45) is -1.74. The van der Waals surface area contributed by atoms with Crippen LogP contribution in [0.15, 0.2) is 48.5 Å². The highest BCUT2D eigenvalue weighted by Crippen LogP contribution is 2.44. The molecule has 10 heteroatoms. The minimum atomic E-state index is -2.44. The molecule has 3 aromatic carbocycles. The number of carbonyl (C=O) groups is 2. The molecular weight excluding hydrogens is 497 g/mol. The summed E-state index contributed by atoms with van der Waals surface area (Å²) in [4.78, 5) is 25.4. The van der Waals surface area contributed by atoms with Crippen LogP contribution in [0, 0.1) is 35.0 Å². The first-order valence-electron chi connectivity index (χ1n) is 12.3. The number of halogens is 5. The van der Waals surface area contributed by atoms with E-state index in [2.05, 4.69) is 10.1 Å². The fourth-order valence-corrected chi connectivity index (χ4v) is 4.17. The van der Waals surface area contributed by atoms with E-state index in [1.54, 1.807) is 0 Å². The Balaban J connectivity index is 1.52. The summed E-state index contributed by atoms with van der Waals surface area (Å²) in [5.74, 6) is -17.3. The third-order valence-corrected chi connectivity index (χ3v) is 5.85. The Bertz CT molecular complexity index is 1360. The van der Waals surface area contributed by atoms with Crippen molar-refractivity contribution < 1.29 is 43.8 Å². The zero-order valence-corrected chi connectivity index (χ0v) is 19.4. The van der Waals surface area contributed by atoms with Crippen molar-refractivity contribution >= 4 is 12.1 Å². The predicted molar refractivity (Wildman–Crippen MR) is 123 cm³/mol. The Morgan fingerprint density at radius 2 is 1.43 bits per heavy atom. The van der Waals surface area contributed by atoms with Crippen molar-refractivity contribution in [3.63, 3.8) is 0 Å². The molecule has 1 N–H and O–H groups in total. The van der Waals surface area contributed by atoms with Gasteiger partial charge in [0.2, 0.25) is 34.8 Å². The van der Waals surface area contributed by atoms with Gasteiger partial charge in [0.15, 0.2) is 0 Å². The molecule has 0 aromatic heterocycles. The zero-order valence-electron chi connectivity index (χ0n) is 21.4. The van der Waals surface area contributed by atoms with E-state index < -0.39 is 72.2 Å². The summed E-state index contributed by atoms with van der Waals surface area (Å²) in [7, 11) is 0. The molecule has 1 amide bonds. The number of alkyl carbamates (subject to hydrolysis) is 1. The van der Waals surface area contributed by atoms with Gasteiger partial charge in [-0.3, -0.25) is 0 Å². The van der Waals surface area contributed by atoms with Crippen molar-refractivity contribution in [2.45, 2.75) is 32.2 Å². The zero-order chi connectivity index (χ0) is 28.5. The molecule has 1 aliphatic rings. The minimum absolute atomic E-state index is 0.157. The van der Waals surface area contributed by atoms with Gasteiger partial charge < -0.3 is 14.8 Å². The van der Waals surface area contributed by atoms with E-state index in [-0.39, 0.29) is 12.5 Å². The summed E-state index contributed by atoms with van der Waals surface area (Å²) in [6.45, 7) is 0.541. The normalized spacial score (nSPS) is 15.5. The van der Waals surface area contributed by atoms with Gasteiger partial charge in [-0.2, -0.15) is 8.78 Å². The molecule has 194 valence electrons. The summed E-state index contributed by atoms with van der Waals surface area (Å²) in [5, 5.41) is 2.13. The molecule has 37 heavy (non-hydrogen) atoms. The van der Waals surface area contributed by atoms with Crippen molar-refractivity contribution in [1.82, 2.24) is 5.32 Å². The van der Waals surface area contributed by atoms with Gasteiger partial charge in [0.25, 0.3) is 0 Å². The third kappa shape index (κ3) is 5.14. The summed E-state index contributed by atoms with van der Waals surface area (Å²) < 4.78 is 93.9. The van der Waals surface area contributed by atoms with Crippen LogP contribution >= 0.6 is 0 Å². The standard InChI is InChI=1S/C27H22F5NO4/c1-13(2)11-19(26(34)37-25-23(31)21(29)20(28)22(30)24(25)32)33-27(35)36-12-18-16-9-5-3-7-14(16)15-8-4-6-10-17(15)18/h3-10,13,18-19H,11-12H2,1-2H3,(H,33,35)/t19-/m0/s1/i1T,13T/t13?,19-. The molecule has 5 nitrogen and oxygen atoms in total. The SMILES string of the molecule is [3H]CC([3H])(C)C[C@H](NC(=O)OCC1c2ccccc2-c2ccccc21)C(=O)Oc1c(F)c(F)c(F)c(F)c1F. The number of carbonyl (C=O) groups excluding carboxylic acids is 2. The molecule has 4 rings (SSSR count). The summed E-state index contributed by atoms with van der Waals surface area (Å²) in [6, 6.07) is 13.2. The van der Waals surface area contributed by atoms with Crippen LogP contribution in [0.2, 0.25) is 0 Å². The maximum Gasteiger partial charge on any atom is 0.407 e. The number of fused-ring (bicyclic) bond motifs is 3. The Morgan fingerprint density at radius 1 is 0.919 bits per heavy atom. The van der Waals surface area contributed by atoms with Gasteiger partial charge in [-0.15, -0.1) is 0 Å². The second-order valence-corrected chi connectivity index (χ2v) is 8.50. The van der Waals surface area contributed by atoms with Crippen molar-refractivity contribution in [2.24, 2.45) is 5.89 Å². The van der Waals surface area contributed by atoms with Gasteiger partial charge in [-0.1, -0.05) is 62.4 Å². The lowest BCUT2D eigenvalue weighted by atomic mass is 9.98. The van der Waals surface area contributed by atoms with Crippen LogP contribution in [0.4, 0.5) is 26.7 Å². The largest absolute Gasteiger partial charge is 0.449 e. The van der Waals surface area contributed by atoms with Crippen LogP contribution in [0.25, 0.3) is 11.1 Å². The van der Waals surface area contributed by atoms with Crippen molar-refractivity contribution in [3.05, 3.63) is 88.7 Å². The van der Waals surface area contributed by atoms with Gasteiger partial charge in [0.1, 0.15) is 12.6 Å². The van der Waals surface area contributed by atoms with Crippen LogP contribution in [0.3, 0.4) is 0 Å². The number of ether oxygens (including phenoxy) is 2. The minimum Gasteiger partial charge on any atom is -0.449 e. The molecule has 0 radical (unpaired) electrons. The van der Waals surface area contributed by atoms with E-state index in [9.17, 15) is 31.5 Å². The van der Waals surface area contributed by atoms with Crippen LogP contribution in [0.1, 0.15) is 40.0 Å². The predicted octanol–water partition coefficient (Wildman–Crippen LogP) is 6.24. The monoisotopic (exact) mass is 523 g/mol. The van der Waals surface area contributed by atoms with Crippen molar-refractivity contribution in [2.75, 3.05) is 6.61 Å². The number of nitrogens with one attached hydrogen (secondary N) is 1. The first kappa shape index (κ1) is 23.4. The number of amides is 1. The van der Waals surface area contributed by atoms with Gasteiger partial charge in [0.05, 0.1) is 0 Å². The lowest BCUT2D eigenvalue weighted by Crippen LogP contribution is -2.44. The van der Waals surface area contributed by atoms with Crippen molar-refractivity contribution in [1.29, 1.82) is 0 Å². The third-order valence-electron chi connectivity index (χ3n) is 5.85. The number of hydrogen-bond acceptors (Lipinski definition) is 4. The molecule has 1 aliphatic carbocycles. The molecule has 3 aromatic rings. The number of hydrogen-bond donors (Lipinski definition) is 1. The highest BCUT2D eigenvalue weighted by atomic mass is 19.2. The molecule has 0 spiro atoms. The number of esters is 1. The Labute approximate surface area is 212 Å². The molecule has 0 heterocycles. The molecule has 0 saturated carbocycles. The van der Waals surface area contributed by atoms with E-state index in [4.69, 9.17) is 7.48 Å². The number of benzene rings is 3. The quantitative estimate of drug-likeness (QED) is 0.131. The van der Waals surface area contributed by atoms with Crippen LogP contribution < -0.4 is 10.1 Å². The second kappa shape index (κ2) is 10.6. The molecule has 2 atom stereocenters. The average molecular weight is 523 g/mol. The topological polar surface area (TPSA) is 64.6 Å².